The van der Waals surface area contributed by atoms with Crippen molar-refractivity contribution in [3.05, 3.63) is 65.1 Å². The summed E-state index contributed by atoms with van der Waals surface area (Å²) >= 11 is 6.29. The van der Waals surface area contributed by atoms with E-state index in [1.165, 1.54) is 30.3 Å². The fraction of sp³-hybridized carbons (Fsp3) is 0.310. The molecule has 41 heavy (non-hydrogen) atoms. The number of piperazine rings is 1. The molecule has 2 aliphatic heterocycles. The highest BCUT2D eigenvalue weighted by Gasteiger charge is 2.29. The molecule has 2 aliphatic rings. The van der Waals surface area contributed by atoms with Crippen LogP contribution in [0.25, 0.3) is 32.9 Å². The van der Waals surface area contributed by atoms with Gasteiger partial charge in [-0.05, 0) is 31.0 Å². The van der Waals surface area contributed by atoms with Crippen LogP contribution < -0.4 is 9.64 Å². The van der Waals surface area contributed by atoms with E-state index in [-0.39, 0.29) is 41.4 Å². The predicted octanol–water partition coefficient (Wildman–Crippen LogP) is 4.99. The maximum Gasteiger partial charge on any atom is 0.318 e. The van der Waals surface area contributed by atoms with Gasteiger partial charge in [-0.25, -0.2) is 13.2 Å². The molecule has 8 nitrogen and oxygen atoms in total. The second-order valence-corrected chi connectivity index (χ2v) is 10.5. The third kappa shape index (κ3) is 4.82. The normalized spacial score (nSPS) is 18.2. The number of fused-ring (bicyclic) bond motifs is 2. The summed E-state index contributed by atoms with van der Waals surface area (Å²) < 4.78 is 50.4. The Hall–Kier alpha value is -3.96. The Morgan fingerprint density at radius 2 is 1.88 bits per heavy atom. The van der Waals surface area contributed by atoms with Crippen LogP contribution in [0.2, 0.25) is 5.02 Å². The van der Waals surface area contributed by atoms with Gasteiger partial charge in [0.1, 0.15) is 22.8 Å². The average Bonchev–Trinajstić information content (AvgIpc) is 3.00. The summed E-state index contributed by atoms with van der Waals surface area (Å²) in [6.07, 6.45) is 3.67. The third-order valence-corrected chi connectivity index (χ3v) is 8.14. The SMILES string of the molecule is COc1nc(N2CCN(C(=O)/C(F)=C/C3CCN3C)CC2)c2cnc(-c3cccc4ccc(F)c(Cl)c34)c(F)c2n1. The number of likely N-dealkylation sites (N-methyl/N-ethyl adjacent to an activating group) is 1. The van der Waals surface area contributed by atoms with Crippen molar-refractivity contribution >= 4 is 45.0 Å². The van der Waals surface area contributed by atoms with Crippen LogP contribution in [0.4, 0.5) is 19.0 Å². The molecule has 4 heterocycles. The van der Waals surface area contributed by atoms with Crippen molar-refractivity contribution in [1.82, 2.24) is 24.8 Å². The van der Waals surface area contributed by atoms with E-state index in [0.29, 0.717) is 40.6 Å². The van der Waals surface area contributed by atoms with E-state index >= 15 is 4.39 Å². The van der Waals surface area contributed by atoms with Gasteiger partial charge in [-0.15, -0.1) is 0 Å². The molecule has 1 atom stereocenters. The highest BCUT2D eigenvalue weighted by molar-refractivity contribution is 6.36. The number of carbonyl (C=O) groups excluding carboxylic acids is 1. The van der Waals surface area contributed by atoms with Crippen molar-refractivity contribution in [2.24, 2.45) is 0 Å². The van der Waals surface area contributed by atoms with Gasteiger partial charge in [0.05, 0.1) is 17.5 Å². The Bertz CT molecular complexity index is 1710. The summed E-state index contributed by atoms with van der Waals surface area (Å²) in [6.45, 7) is 2.05. The largest absolute Gasteiger partial charge is 0.467 e. The number of rotatable bonds is 5. The molecule has 1 amide bonds. The molecular weight excluding hydrogens is 557 g/mol. The number of hydrogen-bond acceptors (Lipinski definition) is 7. The monoisotopic (exact) mass is 582 g/mol. The Morgan fingerprint density at radius 1 is 1.10 bits per heavy atom. The number of pyridine rings is 1. The Kier molecular flexibility index (Phi) is 7.16. The van der Waals surface area contributed by atoms with Crippen molar-refractivity contribution in [3.63, 3.8) is 0 Å². The van der Waals surface area contributed by atoms with Crippen LogP contribution in [-0.2, 0) is 4.79 Å². The van der Waals surface area contributed by atoms with E-state index in [9.17, 15) is 13.6 Å². The molecule has 6 rings (SSSR count). The molecule has 0 saturated carbocycles. The first-order valence-corrected chi connectivity index (χ1v) is 13.5. The van der Waals surface area contributed by atoms with E-state index in [1.807, 2.05) is 16.8 Å². The second kappa shape index (κ2) is 10.8. The number of methoxy groups -OCH3 is 1. The Morgan fingerprint density at radius 3 is 2.56 bits per heavy atom. The third-order valence-electron chi connectivity index (χ3n) is 7.77. The van der Waals surface area contributed by atoms with Gasteiger partial charge in [0, 0.05) is 55.9 Å². The average molecular weight is 583 g/mol. The molecule has 2 aromatic heterocycles. The maximum absolute atomic E-state index is 16.1. The molecule has 2 aromatic carbocycles. The van der Waals surface area contributed by atoms with Crippen molar-refractivity contribution in [3.8, 4) is 17.3 Å². The molecule has 12 heteroatoms. The number of amides is 1. The number of nitrogens with zero attached hydrogens (tertiary/aromatic N) is 6. The fourth-order valence-corrected chi connectivity index (χ4v) is 5.58. The quantitative estimate of drug-likeness (QED) is 0.307. The van der Waals surface area contributed by atoms with E-state index in [0.717, 1.165) is 13.0 Å². The van der Waals surface area contributed by atoms with Crippen LogP contribution >= 0.6 is 11.6 Å². The van der Waals surface area contributed by atoms with Gasteiger partial charge in [0.25, 0.3) is 5.91 Å². The van der Waals surface area contributed by atoms with Gasteiger partial charge in [-0.3, -0.25) is 14.7 Å². The Labute approximate surface area is 239 Å². The number of likely N-dealkylation sites (tertiary alicyclic amines) is 1. The van der Waals surface area contributed by atoms with Gasteiger partial charge in [0.15, 0.2) is 11.6 Å². The molecule has 2 saturated heterocycles. The minimum Gasteiger partial charge on any atom is -0.467 e. The summed E-state index contributed by atoms with van der Waals surface area (Å²) in [4.78, 5) is 31.1. The summed E-state index contributed by atoms with van der Waals surface area (Å²) in [5.74, 6) is -2.37. The van der Waals surface area contributed by atoms with E-state index < -0.39 is 23.4 Å². The number of halogens is 4. The Balaban J connectivity index is 1.33. The van der Waals surface area contributed by atoms with E-state index in [2.05, 4.69) is 15.0 Å². The number of ether oxygens (including phenoxy) is 1. The van der Waals surface area contributed by atoms with Gasteiger partial charge < -0.3 is 14.5 Å². The van der Waals surface area contributed by atoms with Crippen molar-refractivity contribution < 1.29 is 22.7 Å². The number of hydrogen-bond donors (Lipinski definition) is 0. The fourth-order valence-electron chi connectivity index (χ4n) is 5.31. The first-order valence-electron chi connectivity index (χ1n) is 13.2. The molecule has 1 unspecified atom stereocenters. The summed E-state index contributed by atoms with van der Waals surface area (Å²) in [5, 5.41) is 1.18. The molecule has 0 spiro atoms. The smallest absolute Gasteiger partial charge is 0.318 e. The van der Waals surface area contributed by atoms with Crippen LogP contribution in [0, 0.1) is 11.6 Å². The van der Waals surface area contributed by atoms with Crippen molar-refractivity contribution in [2.45, 2.75) is 12.5 Å². The molecule has 0 N–H and O–H groups in total. The van der Waals surface area contributed by atoms with Crippen LogP contribution in [0.3, 0.4) is 0 Å². The van der Waals surface area contributed by atoms with Gasteiger partial charge in [-0.2, -0.15) is 9.97 Å². The van der Waals surface area contributed by atoms with E-state index in [4.69, 9.17) is 16.3 Å². The summed E-state index contributed by atoms with van der Waals surface area (Å²) in [5.41, 5.74) is 0.247. The lowest BCUT2D eigenvalue weighted by atomic mass is 10.0. The van der Waals surface area contributed by atoms with Crippen molar-refractivity contribution in [1.29, 1.82) is 0 Å². The topological polar surface area (TPSA) is 74.7 Å². The summed E-state index contributed by atoms with van der Waals surface area (Å²) in [6, 6.07) is 7.81. The number of aromatic nitrogens is 3. The van der Waals surface area contributed by atoms with Crippen LogP contribution in [0.1, 0.15) is 6.42 Å². The summed E-state index contributed by atoms with van der Waals surface area (Å²) in [7, 11) is 3.27. The molecule has 212 valence electrons. The lowest BCUT2D eigenvalue weighted by Gasteiger charge is -2.37. The van der Waals surface area contributed by atoms with Gasteiger partial charge in [-0.1, -0.05) is 35.9 Å². The van der Waals surface area contributed by atoms with Crippen molar-refractivity contribution in [2.75, 3.05) is 51.8 Å². The first-order chi connectivity index (χ1) is 19.8. The molecule has 0 radical (unpaired) electrons. The van der Waals surface area contributed by atoms with Crippen LogP contribution in [0.5, 0.6) is 6.01 Å². The number of benzene rings is 2. The minimum atomic E-state index is -0.753. The van der Waals surface area contributed by atoms with Crippen LogP contribution in [-0.4, -0.2) is 83.6 Å². The zero-order chi connectivity index (χ0) is 28.8. The number of anilines is 1. The number of carbonyl (C=O) groups is 1. The van der Waals surface area contributed by atoms with E-state index in [1.54, 1.807) is 24.3 Å². The zero-order valence-corrected chi connectivity index (χ0v) is 23.1. The minimum absolute atomic E-state index is 0.0292. The highest BCUT2D eigenvalue weighted by Crippen LogP contribution is 2.38. The first kappa shape index (κ1) is 27.2. The highest BCUT2D eigenvalue weighted by atomic mass is 35.5. The molecule has 0 bridgehead atoms. The van der Waals surface area contributed by atoms with Gasteiger partial charge in [0.2, 0.25) is 0 Å². The predicted molar refractivity (Wildman–Crippen MR) is 151 cm³/mol. The lowest BCUT2D eigenvalue weighted by molar-refractivity contribution is -0.129. The molecule has 0 aliphatic carbocycles. The maximum atomic E-state index is 16.1. The molecular formula is C29H26ClF3N6O2. The molecule has 2 fully saturated rings. The van der Waals surface area contributed by atoms with Gasteiger partial charge >= 0.3 is 6.01 Å². The zero-order valence-electron chi connectivity index (χ0n) is 22.4. The second-order valence-electron chi connectivity index (χ2n) is 10.1. The molecule has 4 aromatic rings. The lowest BCUT2D eigenvalue weighted by Crippen LogP contribution is -2.49. The van der Waals surface area contributed by atoms with Crippen LogP contribution in [0.15, 0.2) is 48.4 Å². The standard InChI is InChI=1S/C29H26ClF3N6O2/c1-37-9-8-17(37)14-21(32)28(40)39-12-10-38(11-13-39)27-19-15-34-25(24(33)26(19)35-29(36-27)41-2)18-5-3-4-16-6-7-20(31)23(30)22(16)18/h3-7,14-15,17H,8-13H2,1-2H3/b21-14-.